The van der Waals surface area contributed by atoms with Gasteiger partial charge >= 0.3 is 0 Å². The number of fused-ring (bicyclic) bond motifs is 1. The van der Waals surface area contributed by atoms with Gasteiger partial charge in [-0.25, -0.2) is 4.39 Å². The lowest BCUT2D eigenvalue weighted by Gasteiger charge is -2.20. The molecule has 3 N–H and O–H groups in total. The van der Waals surface area contributed by atoms with Crippen molar-refractivity contribution in [3.05, 3.63) is 70.5 Å². The topological polar surface area (TPSA) is 58.4 Å². The third-order valence-corrected chi connectivity index (χ3v) is 5.33. The van der Waals surface area contributed by atoms with Gasteiger partial charge in [-0.3, -0.25) is 10.6 Å². The Bertz CT molecular complexity index is 920. The van der Waals surface area contributed by atoms with Crippen LogP contribution in [0.15, 0.2) is 36.9 Å². The first-order valence-electron chi connectivity index (χ1n) is 9.66. The number of hydrazine groups is 1. The average molecular weight is 381 g/mol. The van der Waals surface area contributed by atoms with E-state index in [1.54, 1.807) is 11.0 Å². The number of anilines is 1. The molecule has 0 atom stereocenters. The number of nitrogens with zero attached hydrogens (tertiary/aromatic N) is 1. The maximum absolute atomic E-state index is 13.5. The molecule has 1 heterocycles. The fourth-order valence-corrected chi connectivity index (χ4v) is 3.62. The van der Waals surface area contributed by atoms with Gasteiger partial charge in [-0.15, -0.1) is 0 Å². The van der Waals surface area contributed by atoms with Crippen LogP contribution < -0.4 is 11.3 Å². The van der Waals surface area contributed by atoms with E-state index in [2.05, 4.69) is 25.9 Å². The van der Waals surface area contributed by atoms with Crippen LogP contribution in [0, 0.1) is 18.7 Å². The lowest BCUT2D eigenvalue weighted by Crippen LogP contribution is -2.26. The molecule has 0 unspecified atom stereocenters. The summed E-state index contributed by atoms with van der Waals surface area (Å²) >= 11 is 0. The van der Waals surface area contributed by atoms with Crippen LogP contribution in [0.4, 0.5) is 10.1 Å². The number of hydrogen-bond donors (Lipinski definition) is 2. The average Bonchev–Trinajstić information content (AvgIpc) is 3.08. The van der Waals surface area contributed by atoms with Gasteiger partial charge in [-0.2, -0.15) is 0 Å². The molecule has 1 aliphatic rings. The smallest absolute Gasteiger partial charge is 0.254 e. The molecule has 0 aliphatic carbocycles. The molecule has 2 aromatic carbocycles. The van der Waals surface area contributed by atoms with Gasteiger partial charge in [0, 0.05) is 24.2 Å². The van der Waals surface area contributed by atoms with Crippen molar-refractivity contribution >= 4 is 17.2 Å². The predicted molar refractivity (Wildman–Crippen MR) is 112 cm³/mol. The summed E-state index contributed by atoms with van der Waals surface area (Å²) in [6.45, 7) is 11.4. The highest BCUT2D eigenvalue weighted by atomic mass is 19.1. The number of nitrogens with two attached hydrogens (primary N) is 1. The third kappa shape index (κ3) is 4.09. The van der Waals surface area contributed by atoms with Gasteiger partial charge in [0.25, 0.3) is 5.91 Å². The number of rotatable bonds is 6. The van der Waals surface area contributed by atoms with Crippen LogP contribution in [0.1, 0.15) is 59.3 Å². The van der Waals surface area contributed by atoms with Crippen LogP contribution in [-0.4, -0.2) is 10.8 Å². The van der Waals surface area contributed by atoms with Crippen LogP contribution in [0.25, 0.3) is 5.57 Å². The summed E-state index contributed by atoms with van der Waals surface area (Å²) in [5.74, 6) is 5.95. The van der Waals surface area contributed by atoms with E-state index in [1.807, 2.05) is 19.1 Å². The van der Waals surface area contributed by atoms with Gasteiger partial charge in [-0.1, -0.05) is 26.5 Å². The first kappa shape index (κ1) is 20.1. The second kappa shape index (κ2) is 8.15. The summed E-state index contributed by atoms with van der Waals surface area (Å²) in [6, 6.07) is 8.49. The van der Waals surface area contributed by atoms with Crippen molar-refractivity contribution in [3.63, 3.8) is 0 Å². The number of hydrogen-bond acceptors (Lipinski definition) is 3. The summed E-state index contributed by atoms with van der Waals surface area (Å²) in [6.07, 6.45) is 1.87. The number of benzene rings is 2. The monoisotopic (exact) mass is 381 g/mol. The van der Waals surface area contributed by atoms with Crippen LogP contribution in [0.3, 0.4) is 0 Å². The van der Waals surface area contributed by atoms with E-state index in [0.29, 0.717) is 24.6 Å². The molecule has 0 aromatic heterocycles. The Morgan fingerprint density at radius 2 is 1.93 bits per heavy atom. The highest BCUT2D eigenvalue weighted by molar-refractivity contribution is 5.98. The summed E-state index contributed by atoms with van der Waals surface area (Å²) in [5.41, 5.74) is 8.68. The molecule has 28 heavy (non-hydrogen) atoms. The van der Waals surface area contributed by atoms with E-state index in [9.17, 15) is 9.18 Å². The first-order chi connectivity index (χ1) is 13.3. The van der Waals surface area contributed by atoms with Crippen molar-refractivity contribution in [1.29, 1.82) is 0 Å². The van der Waals surface area contributed by atoms with Crippen LogP contribution in [0.5, 0.6) is 0 Å². The molecule has 0 spiro atoms. The van der Waals surface area contributed by atoms with Crippen molar-refractivity contribution in [2.75, 3.05) is 5.43 Å². The Hall–Kier alpha value is -2.66. The minimum absolute atomic E-state index is 0.0596. The summed E-state index contributed by atoms with van der Waals surface area (Å²) in [4.78, 5) is 15.0. The molecule has 0 radical (unpaired) electrons. The maximum Gasteiger partial charge on any atom is 0.254 e. The number of aryl methyl sites for hydroxylation is 1. The predicted octanol–water partition coefficient (Wildman–Crippen LogP) is 5.03. The van der Waals surface area contributed by atoms with Gasteiger partial charge < -0.3 is 10.3 Å². The Balaban J connectivity index is 1.88. The van der Waals surface area contributed by atoms with Gasteiger partial charge in [0.05, 0.1) is 5.69 Å². The molecule has 0 saturated heterocycles. The molecule has 148 valence electrons. The lowest BCUT2D eigenvalue weighted by molar-refractivity contribution is 0.0750. The zero-order chi connectivity index (χ0) is 20.4. The van der Waals surface area contributed by atoms with Crippen molar-refractivity contribution < 1.29 is 9.18 Å². The van der Waals surface area contributed by atoms with Crippen molar-refractivity contribution in [2.24, 2.45) is 11.8 Å². The Morgan fingerprint density at radius 1 is 1.21 bits per heavy atom. The second-order valence-corrected chi connectivity index (χ2v) is 7.97. The van der Waals surface area contributed by atoms with Crippen LogP contribution >= 0.6 is 0 Å². The summed E-state index contributed by atoms with van der Waals surface area (Å²) in [5, 5.41) is 0. The zero-order valence-electron chi connectivity index (χ0n) is 16.8. The molecule has 0 saturated carbocycles. The van der Waals surface area contributed by atoms with Crippen LogP contribution in [0.2, 0.25) is 0 Å². The fraction of sp³-hybridized carbons (Fsp3) is 0.348. The van der Waals surface area contributed by atoms with Gasteiger partial charge in [-0.05, 0) is 72.2 Å². The summed E-state index contributed by atoms with van der Waals surface area (Å²) < 4.78 is 13.5. The molecular weight excluding hydrogens is 353 g/mol. The van der Waals surface area contributed by atoms with Gasteiger partial charge in [0.2, 0.25) is 0 Å². The SMILES string of the molecule is C=C(CCC(C)C)c1cc(C(=O)N2Cc3ccc(F)cc3C2)c(C)cc1NN. The van der Waals surface area contributed by atoms with E-state index in [1.165, 1.54) is 12.1 Å². The number of halogens is 1. The van der Waals surface area contributed by atoms with E-state index in [4.69, 9.17) is 5.84 Å². The molecule has 0 bridgehead atoms. The number of nitrogens with one attached hydrogen (secondary N) is 1. The first-order valence-corrected chi connectivity index (χ1v) is 9.66. The lowest BCUT2D eigenvalue weighted by atomic mass is 9.93. The third-order valence-electron chi connectivity index (χ3n) is 5.33. The number of amides is 1. The normalized spacial score (nSPS) is 13.0. The highest BCUT2D eigenvalue weighted by Crippen LogP contribution is 2.32. The molecule has 0 fully saturated rings. The van der Waals surface area contributed by atoms with Gasteiger partial charge in [0.1, 0.15) is 5.82 Å². The number of carbonyl (C=O) groups is 1. The number of carbonyl (C=O) groups excluding carboxylic acids is 1. The standard InChI is InChI=1S/C23H28FN3O/c1-14(2)5-6-15(3)20-11-21(16(4)9-22(20)26-25)23(28)27-12-17-7-8-19(24)10-18(17)13-27/h7-11,14,26H,3,5-6,12-13,25H2,1-2,4H3. The number of nitrogen functional groups attached to an aromatic ring is 1. The highest BCUT2D eigenvalue weighted by Gasteiger charge is 2.26. The molecule has 3 rings (SSSR count). The van der Waals surface area contributed by atoms with Crippen molar-refractivity contribution in [1.82, 2.24) is 4.90 Å². The maximum atomic E-state index is 13.5. The molecular formula is C23H28FN3O. The summed E-state index contributed by atoms with van der Waals surface area (Å²) in [7, 11) is 0. The van der Waals surface area contributed by atoms with Gasteiger partial charge in [0.15, 0.2) is 0 Å². The molecule has 1 aliphatic heterocycles. The van der Waals surface area contributed by atoms with E-state index in [-0.39, 0.29) is 11.7 Å². The van der Waals surface area contributed by atoms with Crippen molar-refractivity contribution in [2.45, 2.75) is 46.7 Å². The minimum atomic E-state index is -0.272. The Labute approximate surface area is 166 Å². The van der Waals surface area contributed by atoms with Crippen molar-refractivity contribution in [3.8, 4) is 0 Å². The molecule has 2 aromatic rings. The fourth-order valence-electron chi connectivity index (χ4n) is 3.62. The second-order valence-electron chi connectivity index (χ2n) is 7.97. The quantitative estimate of drug-likeness (QED) is 0.545. The minimum Gasteiger partial charge on any atom is -0.330 e. The molecule has 5 heteroatoms. The molecule has 4 nitrogen and oxygen atoms in total. The van der Waals surface area contributed by atoms with E-state index < -0.39 is 0 Å². The van der Waals surface area contributed by atoms with E-state index in [0.717, 1.165) is 46.4 Å². The Morgan fingerprint density at radius 3 is 2.61 bits per heavy atom. The van der Waals surface area contributed by atoms with E-state index >= 15 is 0 Å². The molecule has 1 amide bonds. The van der Waals surface area contributed by atoms with Crippen LogP contribution in [-0.2, 0) is 13.1 Å². The largest absolute Gasteiger partial charge is 0.330 e. The zero-order valence-corrected chi connectivity index (χ0v) is 16.8. The number of allylic oxidation sites excluding steroid dienone is 1. The Kier molecular flexibility index (Phi) is 5.84.